The summed E-state index contributed by atoms with van der Waals surface area (Å²) in [6, 6.07) is 1.61. The third-order valence-electron chi connectivity index (χ3n) is 4.29. The van der Waals surface area contributed by atoms with Crippen LogP contribution in [0.1, 0.15) is 25.8 Å². The van der Waals surface area contributed by atoms with Gasteiger partial charge in [0.25, 0.3) is 0 Å². The highest BCUT2D eigenvalue weighted by molar-refractivity contribution is 7.07. The standard InChI is InChI=1S/C15H21N3O2S/c1-9(2)13-15(20)18-7-11(5-12(18)14(19)17-13)16-6-10-3-4-21-8-10/h3-4,8-9,11-13,16H,5-7H2,1-2H3,(H,17,19)/t11-,12-,13-/m0/s1. The van der Waals surface area contributed by atoms with Crippen molar-refractivity contribution in [3.63, 3.8) is 0 Å². The molecule has 3 rings (SSSR count). The molecule has 2 aliphatic rings. The van der Waals surface area contributed by atoms with E-state index >= 15 is 0 Å². The third-order valence-corrected chi connectivity index (χ3v) is 5.02. The summed E-state index contributed by atoms with van der Waals surface area (Å²) in [5.41, 5.74) is 1.25. The van der Waals surface area contributed by atoms with Crippen LogP contribution in [0.25, 0.3) is 0 Å². The van der Waals surface area contributed by atoms with Gasteiger partial charge in [0.1, 0.15) is 12.1 Å². The summed E-state index contributed by atoms with van der Waals surface area (Å²) < 4.78 is 0. The van der Waals surface area contributed by atoms with Crippen molar-refractivity contribution >= 4 is 23.2 Å². The zero-order valence-electron chi connectivity index (χ0n) is 12.3. The van der Waals surface area contributed by atoms with E-state index in [1.54, 1.807) is 16.2 Å². The van der Waals surface area contributed by atoms with Gasteiger partial charge in [0.15, 0.2) is 0 Å². The summed E-state index contributed by atoms with van der Waals surface area (Å²) in [4.78, 5) is 26.4. The fraction of sp³-hybridized carbons (Fsp3) is 0.600. The van der Waals surface area contributed by atoms with Gasteiger partial charge in [-0.05, 0) is 34.7 Å². The van der Waals surface area contributed by atoms with Crippen LogP contribution in [0.15, 0.2) is 16.8 Å². The molecule has 0 bridgehead atoms. The topological polar surface area (TPSA) is 61.4 Å². The Morgan fingerprint density at radius 2 is 2.29 bits per heavy atom. The Morgan fingerprint density at radius 1 is 1.48 bits per heavy atom. The molecule has 21 heavy (non-hydrogen) atoms. The smallest absolute Gasteiger partial charge is 0.246 e. The van der Waals surface area contributed by atoms with Gasteiger partial charge in [0, 0.05) is 19.1 Å². The number of nitrogens with one attached hydrogen (secondary N) is 2. The summed E-state index contributed by atoms with van der Waals surface area (Å²) >= 11 is 1.68. The lowest BCUT2D eigenvalue weighted by molar-refractivity contribution is -0.148. The van der Waals surface area contributed by atoms with Crippen molar-refractivity contribution in [1.29, 1.82) is 0 Å². The minimum atomic E-state index is -0.371. The van der Waals surface area contributed by atoms with Crippen LogP contribution in [0.4, 0.5) is 0 Å². The molecule has 0 aliphatic carbocycles. The van der Waals surface area contributed by atoms with Gasteiger partial charge in [-0.25, -0.2) is 0 Å². The van der Waals surface area contributed by atoms with Gasteiger partial charge in [-0.15, -0.1) is 0 Å². The Balaban J connectivity index is 1.64. The molecular formula is C15H21N3O2S. The van der Waals surface area contributed by atoms with Crippen molar-refractivity contribution < 1.29 is 9.59 Å². The van der Waals surface area contributed by atoms with E-state index in [9.17, 15) is 9.59 Å². The molecule has 2 saturated heterocycles. The van der Waals surface area contributed by atoms with Crippen LogP contribution in [0.3, 0.4) is 0 Å². The molecule has 1 aromatic heterocycles. The summed E-state index contributed by atoms with van der Waals surface area (Å²) in [6.45, 7) is 5.35. The highest BCUT2D eigenvalue weighted by atomic mass is 32.1. The average molecular weight is 307 g/mol. The highest BCUT2D eigenvalue weighted by Crippen LogP contribution is 2.25. The number of carbonyl (C=O) groups is 2. The predicted molar refractivity (Wildman–Crippen MR) is 81.8 cm³/mol. The minimum absolute atomic E-state index is 0.00636. The molecule has 1 aromatic rings. The van der Waals surface area contributed by atoms with Gasteiger partial charge in [-0.3, -0.25) is 9.59 Å². The monoisotopic (exact) mass is 307 g/mol. The average Bonchev–Trinajstić information content (AvgIpc) is 3.09. The lowest BCUT2D eigenvalue weighted by atomic mass is 9.98. The number of fused-ring (bicyclic) bond motifs is 1. The Hall–Kier alpha value is -1.40. The van der Waals surface area contributed by atoms with Crippen molar-refractivity contribution in [2.45, 2.75) is 44.9 Å². The molecule has 2 aliphatic heterocycles. The van der Waals surface area contributed by atoms with Crippen LogP contribution in [-0.2, 0) is 16.1 Å². The number of thiophene rings is 1. The molecule has 114 valence electrons. The van der Waals surface area contributed by atoms with Crippen LogP contribution in [0.2, 0.25) is 0 Å². The fourth-order valence-electron chi connectivity index (χ4n) is 3.07. The second kappa shape index (κ2) is 5.77. The first-order valence-corrected chi connectivity index (χ1v) is 8.36. The Morgan fingerprint density at radius 3 is 2.95 bits per heavy atom. The maximum Gasteiger partial charge on any atom is 0.246 e. The molecule has 3 heterocycles. The number of piperazine rings is 1. The first-order chi connectivity index (χ1) is 10.1. The van der Waals surface area contributed by atoms with E-state index in [0.717, 1.165) is 6.54 Å². The van der Waals surface area contributed by atoms with Gasteiger partial charge >= 0.3 is 0 Å². The number of amides is 2. The second-order valence-corrected chi connectivity index (χ2v) is 6.96. The zero-order valence-corrected chi connectivity index (χ0v) is 13.2. The molecule has 5 nitrogen and oxygen atoms in total. The van der Waals surface area contributed by atoms with E-state index in [4.69, 9.17) is 0 Å². The Kier molecular flexibility index (Phi) is 3.99. The van der Waals surface area contributed by atoms with E-state index < -0.39 is 0 Å². The molecule has 0 aromatic carbocycles. The first kappa shape index (κ1) is 14.5. The summed E-state index contributed by atoms with van der Waals surface area (Å²) in [5.74, 6) is 0.183. The first-order valence-electron chi connectivity index (χ1n) is 7.41. The predicted octanol–water partition coefficient (Wildman–Crippen LogP) is 0.962. The normalized spacial score (nSPS) is 28.9. The van der Waals surface area contributed by atoms with Gasteiger partial charge in [-0.2, -0.15) is 11.3 Å². The molecule has 2 amide bonds. The van der Waals surface area contributed by atoms with Gasteiger partial charge in [0.2, 0.25) is 11.8 Å². The van der Waals surface area contributed by atoms with Crippen LogP contribution < -0.4 is 10.6 Å². The van der Waals surface area contributed by atoms with Gasteiger partial charge in [0.05, 0.1) is 0 Å². The molecule has 0 spiro atoms. The van der Waals surface area contributed by atoms with E-state index in [-0.39, 0.29) is 35.9 Å². The van der Waals surface area contributed by atoms with Gasteiger partial charge < -0.3 is 15.5 Å². The highest BCUT2D eigenvalue weighted by Gasteiger charge is 2.46. The maximum atomic E-state index is 12.5. The molecule has 0 radical (unpaired) electrons. The Labute approximate surface area is 128 Å². The molecule has 2 N–H and O–H groups in total. The lowest BCUT2D eigenvalue weighted by Crippen LogP contribution is -2.62. The summed E-state index contributed by atoms with van der Waals surface area (Å²) in [6.07, 6.45) is 0.701. The maximum absolute atomic E-state index is 12.5. The molecule has 3 atom stereocenters. The van der Waals surface area contributed by atoms with Crippen LogP contribution in [0.5, 0.6) is 0 Å². The quantitative estimate of drug-likeness (QED) is 0.871. The summed E-state index contributed by atoms with van der Waals surface area (Å²) in [5, 5.41) is 10.5. The number of carbonyl (C=O) groups excluding carboxylic acids is 2. The van der Waals surface area contributed by atoms with Crippen LogP contribution in [-0.4, -0.2) is 41.4 Å². The Bertz CT molecular complexity index is 529. The van der Waals surface area contributed by atoms with Crippen molar-refractivity contribution in [3.8, 4) is 0 Å². The minimum Gasteiger partial charge on any atom is -0.342 e. The van der Waals surface area contributed by atoms with Crippen molar-refractivity contribution in [3.05, 3.63) is 22.4 Å². The van der Waals surface area contributed by atoms with E-state index in [1.807, 2.05) is 13.8 Å². The van der Waals surface area contributed by atoms with Crippen molar-refractivity contribution in [2.24, 2.45) is 5.92 Å². The fourth-order valence-corrected chi connectivity index (χ4v) is 3.74. The van der Waals surface area contributed by atoms with Gasteiger partial charge in [-0.1, -0.05) is 13.8 Å². The molecule has 6 heteroatoms. The number of rotatable bonds is 4. The molecular weight excluding hydrogens is 286 g/mol. The number of hydrogen-bond donors (Lipinski definition) is 2. The molecule has 0 saturated carbocycles. The number of nitrogens with zero attached hydrogens (tertiary/aromatic N) is 1. The van der Waals surface area contributed by atoms with Crippen molar-refractivity contribution in [2.75, 3.05) is 6.54 Å². The molecule has 2 fully saturated rings. The van der Waals surface area contributed by atoms with E-state index in [0.29, 0.717) is 13.0 Å². The van der Waals surface area contributed by atoms with E-state index in [2.05, 4.69) is 27.5 Å². The van der Waals surface area contributed by atoms with Crippen LogP contribution in [0, 0.1) is 5.92 Å². The third kappa shape index (κ3) is 2.82. The van der Waals surface area contributed by atoms with Crippen molar-refractivity contribution in [1.82, 2.24) is 15.5 Å². The molecule has 0 unspecified atom stereocenters. The zero-order chi connectivity index (χ0) is 15.0. The lowest BCUT2D eigenvalue weighted by Gasteiger charge is -2.36. The van der Waals surface area contributed by atoms with E-state index in [1.165, 1.54) is 5.56 Å². The second-order valence-electron chi connectivity index (χ2n) is 6.18. The largest absolute Gasteiger partial charge is 0.342 e. The SMILES string of the molecule is CC(C)[C@@H]1NC(=O)[C@@H]2C[C@H](NCc3ccsc3)CN2C1=O. The summed E-state index contributed by atoms with van der Waals surface area (Å²) in [7, 11) is 0. The van der Waals surface area contributed by atoms with Crippen LogP contribution >= 0.6 is 11.3 Å². The number of hydrogen-bond acceptors (Lipinski definition) is 4.